The molecule has 0 aromatic heterocycles. The Kier molecular flexibility index (Phi) is 5.71. The van der Waals surface area contributed by atoms with Crippen LogP contribution in [0.3, 0.4) is 0 Å². The molecule has 26 heavy (non-hydrogen) atoms. The van der Waals surface area contributed by atoms with Gasteiger partial charge in [-0.15, -0.1) is 0 Å². The predicted octanol–water partition coefficient (Wildman–Crippen LogP) is 3.68. The molecule has 0 unspecified atom stereocenters. The van der Waals surface area contributed by atoms with Crippen LogP contribution in [0, 0.1) is 0 Å². The van der Waals surface area contributed by atoms with Crippen LogP contribution in [0.15, 0.2) is 42.5 Å². The average Bonchev–Trinajstić information content (AvgIpc) is 2.60. The van der Waals surface area contributed by atoms with Gasteiger partial charge in [0.2, 0.25) is 0 Å². The summed E-state index contributed by atoms with van der Waals surface area (Å²) < 4.78 is 48.2. The molecule has 0 saturated heterocycles. The number of halogens is 3. The van der Waals surface area contributed by atoms with E-state index < -0.39 is 23.7 Å². The summed E-state index contributed by atoms with van der Waals surface area (Å²) in [6, 6.07) is 7.64. The molecule has 0 saturated carbocycles. The Hall–Kier alpha value is -3.23. The van der Waals surface area contributed by atoms with E-state index in [-0.39, 0.29) is 22.7 Å². The van der Waals surface area contributed by atoms with Crippen molar-refractivity contribution in [3.8, 4) is 11.5 Å². The van der Waals surface area contributed by atoms with Gasteiger partial charge in [-0.25, -0.2) is 4.79 Å². The summed E-state index contributed by atoms with van der Waals surface area (Å²) in [4.78, 5) is 24.3. The van der Waals surface area contributed by atoms with Gasteiger partial charge < -0.3 is 14.8 Å². The molecular weight excluding hydrogens is 353 g/mol. The molecular formula is C17H15F3N2O4. The topological polar surface area (TPSA) is 76.7 Å². The lowest BCUT2D eigenvalue weighted by molar-refractivity contribution is -0.137. The van der Waals surface area contributed by atoms with Crippen LogP contribution in [0.1, 0.15) is 15.9 Å². The number of alkyl halides is 3. The van der Waals surface area contributed by atoms with Gasteiger partial charge in [-0.2, -0.15) is 13.2 Å². The highest BCUT2D eigenvalue weighted by Gasteiger charge is 2.30. The van der Waals surface area contributed by atoms with Gasteiger partial charge in [0.25, 0.3) is 5.91 Å². The number of methoxy groups -OCH3 is 2. The van der Waals surface area contributed by atoms with Crippen molar-refractivity contribution in [2.24, 2.45) is 0 Å². The second kappa shape index (κ2) is 7.77. The molecule has 6 nitrogen and oxygen atoms in total. The van der Waals surface area contributed by atoms with Crippen LogP contribution < -0.4 is 20.1 Å². The third-order valence-corrected chi connectivity index (χ3v) is 3.33. The van der Waals surface area contributed by atoms with E-state index in [4.69, 9.17) is 9.47 Å². The second-order valence-corrected chi connectivity index (χ2v) is 5.02. The number of nitrogens with one attached hydrogen (secondary N) is 2. The van der Waals surface area contributed by atoms with Crippen LogP contribution in [-0.4, -0.2) is 26.2 Å². The SMILES string of the molecule is COc1cccc(OC)c1C(=O)NC(=O)Nc1cccc(C(F)(F)F)c1. The summed E-state index contributed by atoms with van der Waals surface area (Å²) in [6.07, 6.45) is -4.55. The Morgan fingerprint density at radius 2 is 1.54 bits per heavy atom. The van der Waals surface area contributed by atoms with Crippen LogP contribution in [0.2, 0.25) is 0 Å². The van der Waals surface area contributed by atoms with E-state index in [1.54, 1.807) is 6.07 Å². The maximum Gasteiger partial charge on any atom is 0.416 e. The predicted molar refractivity (Wildman–Crippen MR) is 87.5 cm³/mol. The summed E-state index contributed by atoms with van der Waals surface area (Å²) in [6.45, 7) is 0. The van der Waals surface area contributed by atoms with E-state index in [1.807, 2.05) is 5.32 Å². The van der Waals surface area contributed by atoms with E-state index in [0.717, 1.165) is 18.2 Å². The Morgan fingerprint density at radius 3 is 2.08 bits per heavy atom. The summed E-state index contributed by atoms with van der Waals surface area (Å²) >= 11 is 0. The van der Waals surface area contributed by atoms with Gasteiger partial charge in [0.1, 0.15) is 17.1 Å². The Labute approximate surface area is 146 Å². The lowest BCUT2D eigenvalue weighted by atomic mass is 10.1. The molecule has 2 rings (SSSR count). The van der Waals surface area contributed by atoms with Crippen LogP contribution >= 0.6 is 0 Å². The fraction of sp³-hybridized carbons (Fsp3) is 0.176. The van der Waals surface area contributed by atoms with E-state index in [0.29, 0.717) is 0 Å². The number of benzene rings is 2. The summed E-state index contributed by atoms with van der Waals surface area (Å²) in [5.74, 6) is -0.480. The second-order valence-electron chi connectivity index (χ2n) is 5.02. The van der Waals surface area contributed by atoms with Crippen molar-refractivity contribution in [2.45, 2.75) is 6.18 Å². The molecule has 2 aromatic carbocycles. The van der Waals surface area contributed by atoms with Crippen molar-refractivity contribution in [1.29, 1.82) is 0 Å². The number of urea groups is 1. The minimum Gasteiger partial charge on any atom is -0.496 e. The standard InChI is InChI=1S/C17H15F3N2O4/c1-25-12-7-4-8-13(26-2)14(12)15(23)22-16(24)21-11-6-3-5-10(9-11)17(18,19)20/h3-9H,1-2H3,(H2,21,22,23,24). The van der Waals surface area contributed by atoms with Crippen LogP contribution in [0.5, 0.6) is 11.5 Å². The monoisotopic (exact) mass is 368 g/mol. The first kappa shape index (κ1) is 19.1. The zero-order chi connectivity index (χ0) is 19.3. The molecule has 3 amide bonds. The van der Waals surface area contributed by atoms with Gasteiger partial charge in [-0.3, -0.25) is 10.1 Å². The molecule has 0 heterocycles. The van der Waals surface area contributed by atoms with E-state index in [9.17, 15) is 22.8 Å². The first-order valence-electron chi connectivity index (χ1n) is 7.27. The molecule has 2 aromatic rings. The fourth-order valence-corrected chi connectivity index (χ4v) is 2.18. The number of carbonyl (C=O) groups excluding carboxylic acids is 2. The molecule has 0 fully saturated rings. The van der Waals surface area contributed by atoms with Gasteiger partial charge >= 0.3 is 12.2 Å². The normalized spacial score (nSPS) is 10.8. The third-order valence-electron chi connectivity index (χ3n) is 3.33. The molecule has 0 atom stereocenters. The highest BCUT2D eigenvalue weighted by Crippen LogP contribution is 2.31. The largest absolute Gasteiger partial charge is 0.496 e. The molecule has 0 spiro atoms. The molecule has 138 valence electrons. The van der Waals surface area contributed by atoms with E-state index >= 15 is 0 Å². The smallest absolute Gasteiger partial charge is 0.416 e. The number of amides is 3. The molecule has 0 aliphatic heterocycles. The van der Waals surface area contributed by atoms with Gasteiger partial charge in [0.15, 0.2) is 0 Å². The van der Waals surface area contributed by atoms with Crippen LogP contribution in [0.25, 0.3) is 0 Å². The third kappa shape index (κ3) is 4.44. The molecule has 0 bridgehead atoms. The fourth-order valence-electron chi connectivity index (χ4n) is 2.18. The molecule has 0 aliphatic carbocycles. The van der Waals surface area contributed by atoms with Crippen molar-refractivity contribution in [2.75, 3.05) is 19.5 Å². The Balaban J connectivity index is 2.15. The number of hydrogen-bond acceptors (Lipinski definition) is 4. The zero-order valence-corrected chi connectivity index (χ0v) is 13.8. The van der Waals surface area contributed by atoms with E-state index in [1.165, 1.54) is 32.4 Å². The minimum absolute atomic E-state index is 0.0170. The van der Waals surface area contributed by atoms with Crippen LogP contribution in [0.4, 0.5) is 23.7 Å². The van der Waals surface area contributed by atoms with Crippen molar-refractivity contribution >= 4 is 17.6 Å². The van der Waals surface area contributed by atoms with Crippen molar-refractivity contribution < 1.29 is 32.2 Å². The first-order valence-corrected chi connectivity index (χ1v) is 7.27. The Bertz CT molecular complexity index is 800. The van der Waals surface area contributed by atoms with E-state index in [2.05, 4.69) is 5.32 Å². The number of carbonyl (C=O) groups is 2. The van der Waals surface area contributed by atoms with Crippen molar-refractivity contribution in [3.63, 3.8) is 0 Å². The van der Waals surface area contributed by atoms with Gasteiger partial charge in [0.05, 0.1) is 19.8 Å². The maximum atomic E-state index is 12.7. The maximum absolute atomic E-state index is 12.7. The van der Waals surface area contributed by atoms with Crippen LogP contribution in [-0.2, 0) is 6.18 Å². The van der Waals surface area contributed by atoms with Gasteiger partial charge in [-0.05, 0) is 30.3 Å². The lowest BCUT2D eigenvalue weighted by Gasteiger charge is -2.13. The summed E-state index contributed by atoms with van der Waals surface area (Å²) in [5, 5.41) is 4.20. The summed E-state index contributed by atoms with van der Waals surface area (Å²) in [5.41, 5.74) is -1.05. The Morgan fingerprint density at radius 1 is 0.962 bits per heavy atom. The molecule has 2 N–H and O–H groups in total. The van der Waals surface area contributed by atoms with Gasteiger partial charge in [-0.1, -0.05) is 12.1 Å². The molecule has 0 aliphatic rings. The highest BCUT2D eigenvalue weighted by atomic mass is 19.4. The zero-order valence-electron chi connectivity index (χ0n) is 13.8. The summed E-state index contributed by atoms with van der Waals surface area (Å²) in [7, 11) is 2.68. The number of rotatable bonds is 4. The number of hydrogen-bond donors (Lipinski definition) is 2. The average molecular weight is 368 g/mol. The minimum atomic E-state index is -4.55. The highest BCUT2D eigenvalue weighted by molar-refractivity contribution is 6.10. The number of imide groups is 1. The lowest BCUT2D eigenvalue weighted by Crippen LogP contribution is -2.34. The van der Waals surface area contributed by atoms with Crippen molar-refractivity contribution in [3.05, 3.63) is 53.6 Å². The number of ether oxygens (including phenoxy) is 2. The first-order chi connectivity index (χ1) is 12.3. The molecule has 9 heteroatoms. The van der Waals surface area contributed by atoms with Gasteiger partial charge in [0, 0.05) is 5.69 Å². The van der Waals surface area contributed by atoms with Crippen molar-refractivity contribution in [1.82, 2.24) is 5.32 Å². The molecule has 0 radical (unpaired) electrons. The number of anilines is 1. The quantitative estimate of drug-likeness (QED) is 0.863.